The highest BCUT2D eigenvalue weighted by Gasteiger charge is 2.16. The number of nitrogens with zero attached hydrogens (tertiary/aromatic N) is 1. The Bertz CT molecular complexity index is 1010. The highest BCUT2D eigenvalue weighted by molar-refractivity contribution is 6.31. The monoisotopic (exact) mass is 369 g/mol. The molecule has 3 aromatic rings. The van der Waals surface area contributed by atoms with Gasteiger partial charge < -0.3 is 14.7 Å². The van der Waals surface area contributed by atoms with Crippen LogP contribution in [0, 0.1) is 6.92 Å². The van der Waals surface area contributed by atoms with Crippen LogP contribution in [0.3, 0.4) is 0 Å². The number of oxime groups is 1. The topological polar surface area (TPSA) is 68.1 Å². The van der Waals surface area contributed by atoms with E-state index in [-0.39, 0.29) is 11.3 Å². The van der Waals surface area contributed by atoms with Gasteiger partial charge in [0.25, 0.3) is 0 Å². The van der Waals surface area contributed by atoms with Crippen molar-refractivity contribution in [3.8, 4) is 11.5 Å². The minimum Gasteiger partial charge on any atom is -0.507 e. The van der Waals surface area contributed by atoms with Crippen molar-refractivity contribution in [1.82, 2.24) is 0 Å². The van der Waals surface area contributed by atoms with Crippen LogP contribution in [0.1, 0.15) is 21.5 Å². The molecule has 0 saturated heterocycles. The summed E-state index contributed by atoms with van der Waals surface area (Å²) in [5, 5.41) is 16.0. The van der Waals surface area contributed by atoms with Crippen LogP contribution in [0.4, 0.5) is 0 Å². The van der Waals surface area contributed by atoms with Crippen LogP contribution in [-0.2, 0) is 4.84 Å². The van der Waals surface area contributed by atoms with Crippen LogP contribution in [0.25, 0.3) is 10.8 Å². The second kappa shape index (κ2) is 7.45. The van der Waals surface area contributed by atoms with Gasteiger partial charge in [-0.15, -0.1) is 0 Å². The average Bonchev–Trinajstić information content (AvgIpc) is 2.64. The highest BCUT2D eigenvalue weighted by atomic mass is 35.5. The number of hydrogen-bond donors (Lipinski definition) is 1. The molecule has 3 aromatic carbocycles. The molecule has 0 unspecified atom stereocenters. The van der Waals surface area contributed by atoms with Crippen molar-refractivity contribution in [2.24, 2.45) is 5.16 Å². The van der Waals surface area contributed by atoms with Crippen LogP contribution in [-0.4, -0.2) is 24.4 Å². The van der Waals surface area contributed by atoms with Crippen molar-refractivity contribution in [2.75, 3.05) is 7.11 Å². The Balaban J connectivity index is 1.90. The van der Waals surface area contributed by atoms with E-state index < -0.39 is 5.97 Å². The molecule has 1 N–H and O–H groups in total. The molecule has 0 amide bonds. The molecule has 0 fully saturated rings. The first-order chi connectivity index (χ1) is 12.5. The van der Waals surface area contributed by atoms with Gasteiger partial charge in [0.1, 0.15) is 17.1 Å². The van der Waals surface area contributed by atoms with E-state index in [0.29, 0.717) is 21.9 Å². The van der Waals surface area contributed by atoms with Gasteiger partial charge in [-0.1, -0.05) is 47.1 Å². The first-order valence-electron chi connectivity index (χ1n) is 7.81. The minimum absolute atomic E-state index is 0.0444. The average molecular weight is 370 g/mol. The normalized spacial score (nSPS) is 11.0. The molecule has 0 saturated carbocycles. The van der Waals surface area contributed by atoms with Gasteiger partial charge in [0.05, 0.1) is 13.3 Å². The molecule has 5 nitrogen and oxygen atoms in total. The largest absolute Gasteiger partial charge is 0.507 e. The molecule has 0 radical (unpaired) electrons. The fraction of sp³-hybridized carbons (Fsp3) is 0.100. The Kier molecular flexibility index (Phi) is 5.09. The molecule has 26 heavy (non-hydrogen) atoms. The molecular formula is C20H16ClNO4. The third-order valence-electron chi connectivity index (χ3n) is 3.95. The Labute approximate surface area is 155 Å². The number of halogens is 1. The fourth-order valence-corrected chi connectivity index (χ4v) is 2.93. The van der Waals surface area contributed by atoms with Gasteiger partial charge in [-0.05, 0) is 41.5 Å². The first-order valence-corrected chi connectivity index (χ1v) is 8.18. The summed E-state index contributed by atoms with van der Waals surface area (Å²) >= 11 is 5.93. The van der Waals surface area contributed by atoms with Crippen molar-refractivity contribution >= 4 is 34.6 Å². The highest BCUT2D eigenvalue weighted by Crippen LogP contribution is 2.28. The van der Waals surface area contributed by atoms with E-state index in [1.165, 1.54) is 12.3 Å². The second-order valence-electron chi connectivity index (χ2n) is 5.63. The number of carbonyl (C=O) groups is 1. The van der Waals surface area contributed by atoms with Crippen molar-refractivity contribution in [1.29, 1.82) is 0 Å². The predicted octanol–water partition coefficient (Wildman–Crippen LogP) is 4.71. The molecule has 0 aliphatic rings. The van der Waals surface area contributed by atoms with E-state index in [1.54, 1.807) is 20.1 Å². The number of phenolic OH excluding ortho intramolecular Hbond substituents is 1. The summed E-state index contributed by atoms with van der Waals surface area (Å²) in [5.74, 6) is -0.383. The summed E-state index contributed by atoms with van der Waals surface area (Å²) in [4.78, 5) is 17.1. The molecule has 3 rings (SSSR count). The van der Waals surface area contributed by atoms with Crippen LogP contribution in [0.2, 0.25) is 5.02 Å². The van der Waals surface area contributed by atoms with Gasteiger partial charge >= 0.3 is 5.97 Å². The summed E-state index contributed by atoms with van der Waals surface area (Å²) in [6, 6.07) is 14.4. The second-order valence-corrected chi connectivity index (χ2v) is 6.07. The Morgan fingerprint density at radius 2 is 1.96 bits per heavy atom. The molecule has 0 spiro atoms. The summed E-state index contributed by atoms with van der Waals surface area (Å²) in [6.07, 6.45) is 1.41. The van der Waals surface area contributed by atoms with Crippen molar-refractivity contribution < 1.29 is 19.5 Å². The lowest BCUT2D eigenvalue weighted by Crippen LogP contribution is -2.03. The Hall–Kier alpha value is -3.05. The van der Waals surface area contributed by atoms with Crippen LogP contribution in [0.5, 0.6) is 11.5 Å². The summed E-state index contributed by atoms with van der Waals surface area (Å²) in [7, 11) is 1.56. The number of fused-ring (bicyclic) bond motifs is 1. The zero-order valence-corrected chi connectivity index (χ0v) is 14.9. The third-order valence-corrected chi connectivity index (χ3v) is 4.17. The van der Waals surface area contributed by atoms with E-state index in [9.17, 15) is 9.90 Å². The molecule has 0 atom stereocenters. The van der Waals surface area contributed by atoms with E-state index in [4.69, 9.17) is 21.2 Å². The van der Waals surface area contributed by atoms with Crippen molar-refractivity contribution in [3.63, 3.8) is 0 Å². The lowest BCUT2D eigenvalue weighted by atomic mass is 10.0. The van der Waals surface area contributed by atoms with Crippen LogP contribution >= 0.6 is 11.6 Å². The van der Waals surface area contributed by atoms with Gasteiger partial charge in [-0.2, -0.15) is 0 Å². The number of phenols is 1. The van der Waals surface area contributed by atoms with E-state index in [0.717, 1.165) is 10.8 Å². The van der Waals surface area contributed by atoms with Gasteiger partial charge in [0.2, 0.25) is 0 Å². The number of benzene rings is 3. The van der Waals surface area contributed by atoms with Gasteiger partial charge in [-0.3, -0.25) is 0 Å². The van der Waals surface area contributed by atoms with E-state index in [2.05, 4.69) is 5.16 Å². The number of aryl methyl sites for hydroxylation is 1. The predicted molar refractivity (Wildman–Crippen MR) is 101 cm³/mol. The molecule has 0 heterocycles. The molecule has 0 aliphatic carbocycles. The molecule has 0 bridgehead atoms. The molecule has 6 heteroatoms. The number of carbonyl (C=O) groups excluding carboxylic acids is 1. The van der Waals surface area contributed by atoms with Crippen LogP contribution in [0.15, 0.2) is 53.7 Å². The maximum Gasteiger partial charge on any atom is 0.369 e. The fourth-order valence-electron chi connectivity index (χ4n) is 2.65. The zero-order valence-electron chi connectivity index (χ0n) is 14.2. The van der Waals surface area contributed by atoms with Gasteiger partial charge in [-0.25, -0.2) is 4.79 Å². The quantitative estimate of drug-likeness (QED) is 0.411. The summed E-state index contributed by atoms with van der Waals surface area (Å²) in [6.45, 7) is 1.64. The minimum atomic E-state index is -0.802. The number of hydrogen-bond acceptors (Lipinski definition) is 5. The Morgan fingerprint density at radius 3 is 2.73 bits per heavy atom. The zero-order chi connectivity index (χ0) is 18.7. The van der Waals surface area contributed by atoms with Gasteiger partial charge in [0.15, 0.2) is 0 Å². The number of aromatic hydroxyl groups is 1. The maximum atomic E-state index is 12.2. The molecular weight excluding hydrogens is 354 g/mol. The third kappa shape index (κ3) is 3.48. The smallest absolute Gasteiger partial charge is 0.369 e. The summed E-state index contributed by atoms with van der Waals surface area (Å²) < 4.78 is 5.36. The number of methoxy groups -OCH3 is 1. The van der Waals surface area contributed by atoms with Crippen molar-refractivity contribution in [3.05, 3.63) is 70.2 Å². The van der Waals surface area contributed by atoms with E-state index in [1.807, 2.05) is 36.4 Å². The molecule has 132 valence electrons. The first kappa shape index (κ1) is 17.8. The van der Waals surface area contributed by atoms with E-state index >= 15 is 0 Å². The Morgan fingerprint density at radius 1 is 1.19 bits per heavy atom. The molecule has 0 aromatic heterocycles. The summed E-state index contributed by atoms with van der Waals surface area (Å²) in [5.41, 5.74) is 1.12. The van der Waals surface area contributed by atoms with Crippen molar-refractivity contribution in [2.45, 2.75) is 6.92 Å². The maximum absolute atomic E-state index is 12.2. The SMILES string of the molecule is COc1ccc2ccccc2c1/C=N/OC(=O)c1cc(Cl)cc(C)c1O. The lowest BCUT2D eigenvalue weighted by molar-refractivity contribution is 0.0515. The molecule has 0 aliphatic heterocycles. The van der Waals surface area contributed by atoms with Crippen LogP contribution < -0.4 is 4.74 Å². The number of ether oxygens (including phenoxy) is 1. The number of rotatable bonds is 4. The standard InChI is InChI=1S/C20H16ClNO4/c1-12-9-14(21)10-16(19(12)23)20(24)26-22-11-17-15-6-4-3-5-13(15)7-8-18(17)25-2/h3-11,23H,1-2H3/b22-11+. The van der Waals surface area contributed by atoms with Gasteiger partial charge in [0, 0.05) is 10.6 Å². The lowest BCUT2D eigenvalue weighted by Gasteiger charge is -2.08.